The maximum atomic E-state index is 9.43. The maximum absolute atomic E-state index is 9.43. The summed E-state index contributed by atoms with van der Waals surface area (Å²) in [6.07, 6.45) is 3.67. The molecule has 0 unspecified atom stereocenters. The Hall–Kier alpha value is -6.70. The molecule has 0 amide bonds. The first-order chi connectivity index (χ1) is 23.8. The smallest absolute Gasteiger partial charge is 0.0991 e. The van der Waals surface area contributed by atoms with Crippen molar-refractivity contribution in [2.45, 2.75) is 0 Å². The topological polar surface area (TPSA) is 44.9 Å². The van der Waals surface area contributed by atoms with Gasteiger partial charge in [0.2, 0.25) is 0 Å². The highest BCUT2D eigenvalue weighted by Gasteiger charge is 2.19. The number of benzene rings is 7. The minimum Gasteiger partial charge on any atom is -0.311 e. The molecule has 9 aromatic rings. The second kappa shape index (κ2) is 11.3. The summed E-state index contributed by atoms with van der Waals surface area (Å²) >= 11 is 0. The van der Waals surface area contributed by atoms with Gasteiger partial charge >= 0.3 is 0 Å². The van der Waals surface area contributed by atoms with Crippen LogP contribution in [0.3, 0.4) is 0 Å². The number of para-hydroxylation sites is 1. The first-order valence-electron chi connectivity index (χ1n) is 16.0. The number of nitriles is 1. The molecule has 0 saturated carbocycles. The predicted molar refractivity (Wildman–Crippen MR) is 198 cm³/mol. The van der Waals surface area contributed by atoms with Crippen molar-refractivity contribution in [1.82, 2.24) is 9.55 Å². The van der Waals surface area contributed by atoms with Gasteiger partial charge in [-0.25, -0.2) is 0 Å². The Kier molecular flexibility index (Phi) is 6.48. The van der Waals surface area contributed by atoms with Gasteiger partial charge in [0.1, 0.15) is 0 Å². The zero-order chi connectivity index (χ0) is 32.0. The summed E-state index contributed by atoms with van der Waals surface area (Å²) in [5.41, 5.74) is 11.8. The van der Waals surface area contributed by atoms with E-state index in [-0.39, 0.29) is 0 Å². The van der Waals surface area contributed by atoms with Crippen LogP contribution in [0.4, 0.5) is 17.1 Å². The molecule has 0 radical (unpaired) electrons. The normalized spacial score (nSPS) is 11.3. The van der Waals surface area contributed by atoms with Crippen molar-refractivity contribution in [1.29, 1.82) is 5.26 Å². The largest absolute Gasteiger partial charge is 0.311 e. The van der Waals surface area contributed by atoms with Crippen LogP contribution in [0.15, 0.2) is 170 Å². The number of hydrogen-bond donors (Lipinski definition) is 0. The molecule has 0 bridgehead atoms. The fourth-order valence-electron chi connectivity index (χ4n) is 7.05. The van der Waals surface area contributed by atoms with Crippen LogP contribution in [0.5, 0.6) is 0 Å². The maximum Gasteiger partial charge on any atom is 0.0991 e. The molecule has 48 heavy (non-hydrogen) atoms. The van der Waals surface area contributed by atoms with E-state index in [1.54, 1.807) is 6.20 Å². The molecular weight excluding hydrogens is 585 g/mol. The average molecular weight is 613 g/mol. The van der Waals surface area contributed by atoms with Gasteiger partial charge in [0.05, 0.1) is 22.7 Å². The third kappa shape index (κ3) is 4.49. The molecule has 0 aliphatic carbocycles. The zero-order valence-corrected chi connectivity index (χ0v) is 26.0. The minimum absolute atomic E-state index is 0.634. The molecule has 0 aliphatic rings. The van der Waals surface area contributed by atoms with E-state index >= 15 is 0 Å². The van der Waals surface area contributed by atoms with E-state index in [4.69, 9.17) is 0 Å². The van der Waals surface area contributed by atoms with Crippen LogP contribution in [0.25, 0.3) is 60.5 Å². The standard InChI is InChI=1S/C44H28N4/c45-28-30-11-18-36(19-12-30)47(37-20-13-31(14-21-37)34-7-5-27-46-29-34)38-22-15-32(16-23-38)39-25-26-42-44-40(39)24-17-33-6-4-10-41(43(33)44)48(42)35-8-2-1-3-9-35/h1-27,29H. The van der Waals surface area contributed by atoms with Crippen LogP contribution in [0, 0.1) is 11.3 Å². The number of pyridine rings is 1. The number of nitrogens with zero attached hydrogens (tertiary/aromatic N) is 4. The van der Waals surface area contributed by atoms with Crippen LogP contribution < -0.4 is 4.90 Å². The molecule has 7 aromatic carbocycles. The predicted octanol–water partition coefficient (Wildman–Crippen LogP) is 11.4. The van der Waals surface area contributed by atoms with Gasteiger partial charge in [-0.1, -0.05) is 78.9 Å². The van der Waals surface area contributed by atoms with Crippen molar-refractivity contribution in [3.05, 3.63) is 176 Å². The summed E-state index contributed by atoms with van der Waals surface area (Å²) in [7, 11) is 0. The summed E-state index contributed by atoms with van der Waals surface area (Å²) in [4.78, 5) is 6.51. The van der Waals surface area contributed by atoms with Crippen LogP contribution in [-0.2, 0) is 0 Å². The van der Waals surface area contributed by atoms with Gasteiger partial charge in [0.25, 0.3) is 0 Å². The molecule has 0 aliphatic heterocycles. The van der Waals surface area contributed by atoms with E-state index in [0.29, 0.717) is 5.56 Å². The Morgan fingerprint density at radius 1 is 0.521 bits per heavy atom. The van der Waals surface area contributed by atoms with E-state index in [0.717, 1.165) is 39.4 Å². The quantitative estimate of drug-likeness (QED) is 0.176. The highest BCUT2D eigenvalue weighted by Crippen LogP contribution is 2.43. The van der Waals surface area contributed by atoms with Crippen LogP contribution in [-0.4, -0.2) is 9.55 Å². The fourth-order valence-corrected chi connectivity index (χ4v) is 7.05. The van der Waals surface area contributed by atoms with Gasteiger partial charge in [-0.2, -0.15) is 5.26 Å². The minimum atomic E-state index is 0.634. The molecule has 0 fully saturated rings. The molecule has 0 saturated heterocycles. The molecule has 4 nitrogen and oxygen atoms in total. The Bertz CT molecular complexity index is 2580. The summed E-state index contributed by atoms with van der Waals surface area (Å²) in [6, 6.07) is 57.6. The van der Waals surface area contributed by atoms with Crippen molar-refractivity contribution in [3.8, 4) is 34.0 Å². The monoisotopic (exact) mass is 612 g/mol. The lowest BCUT2D eigenvalue weighted by atomic mass is 9.94. The van der Waals surface area contributed by atoms with Gasteiger partial charge in [-0.3, -0.25) is 4.98 Å². The Labute approximate surface area is 278 Å². The number of aromatic nitrogens is 2. The summed E-state index contributed by atoms with van der Waals surface area (Å²) in [6.45, 7) is 0. The van der Waals surface area contributed by atoms with Crippen LogP contribution >= 0.6 is 0 Å². The lowest BCUT2D eigenvalue weighted by molar-refractivity contribution is 1.18. The van der Waals surface area contributed by atoms with E-state index < -0.39 is 0 Å². The molecule has 0 N–H and O–H groups in total. The van der Waals surface area contributed by atoms with E-state index in [2.05, 4.69) is 148 Å². The van der Waals surface area contributed by atoms with Crippen LogP contribution in [0.1, 0.15) is 5.56 Å². The van der Waals surface area contributed by atoms with E-state index in [1.165, 1.54) is 38.1 Å². The second-order valence-electron chi connectivity index (χ2n) is 12.0. The first-order valence-corrected chi connectivity index (χ1v) is 16.0. The number of anilines is 3. The molecule has 2 aromatic heterocycles. The van der Waals surface area contributed by atoms with Crippen LogP contribution in [0.2, 0.25) is 0 Å². The van der Waals surface area contributed by atoms with E-state index in [1.807, 2.05) is 36.5 Å². The molecule has 0 atom stereocenters. The van der Waals surface area contributed by atoms with Crippen molar-refractivity contribution >= 4 is 49.6 Å². The molecule has 224 valence electrons. The van der Waals surface area contributed by atoms with Crippen molar-refractivity contribution in [3.63, 3.8) is 0 Å². The second-order valence-corrected chi connectivity index (χ2v) is 12.0. The third-order valence-electron chi connectivity index (χ3n) is 9.29. The number of hydrogen-bond acceptors (Lipinski definition) is 3. The molecule has 9 rings (SSSR count). The number of rotatable bonds is 6. The zero-order valence-electron chi connectivity index (χ0n) is 26.0. The van der Waals surface area contributed by atoms with Crippen molar-refractivity contribution in [2.24, 2.45) is 0 Å². The van der Waals surface area contributed by atoms with Gasteiger partial charge in [-0.15, -0.1) is 0 Å². The lowest BCUT2D eigenvalue weighted by Crippen LogP contribution is -2.09. The van der Waals surface area contributed by atoms with Crippen molar-refractivity contribution < 1.29 is 0 Å². The summed E-state index contributed by atoms with van der Waals surface area (Å²) in [5, 5.41) is 14.5. The lowest BCUT2D eigenvalue weighted by Gasteiger charge is -2.26. The highest BCUT2D eigenvalue weighted by atomic mass is 15.1. The van der Waals surface area contributed by atoms with E-state index in [9.17, 15) is 5.26 Å². The molecule has 2 heterocycles. The van der Waals surface area contributed by atoms with Gasteiger partial charge in [0, 0.05) is 45.9 Å². The summed E-state index contributed by atoms with van der Waals surface area (Å²) < 4.78 is 2.38. The SMILES string of the molecule is N#Cc1ccc(N(c2ccc(-c3cccnc3)cc2)c2ccc(-c3ccc4c5c3ccc3cccc(c35)n4-c3ccccc3)cc2)cc1. The fraction of sp³-hybridized carbons (Fsp3) is 0. The molecule has 0 spiro atoms. The Balaban J connectivity index is 1.15. The van der Waals surface area contributed by atoms with Gasteiger partial charge in [0.15, 0.2) is 0 Å². The highest BCUT2D eigenvalue weighted by molar-refractivity contribution is 6.26. The molecular formula is C44H28N4. The Morgan fingerprint density at radius 2 is 1.21 bits per heavy atom. The van der Waals surface area contributed by atoms with Gasteiger partial charge in [-0.05, 0) is 112 Å². The van der Waals surface area contributed by atoms with Crippen molar-refractivity contribution in [2.75, 3.05) is 4.90 Å². The molecule has 4 heteroatoms. The van der Waals surface area contributed by atoms with Gasteiger partial charge < -0.3 is 9.47 Å². The Morgan fingerprint density at radius 3 is 1.90 bits per heavy atom. The third-order valence-corrected chi connectivity index (χ3v) is 9.29. The first kappa shape index (κ1) is 27.6. The summed E-state index contributed by atoms with van der Waals surface area (Å²) in [5.74, 6) is 0. The average Bonchev–Trinajstić information content (AvgIpc) is 3.51.